The first-order valence-corrected chi connectivity index (χ1v) is 8.16. The lowest BCUT2D eigenvalue weighted by Gasteiger charge is -2.26. The fourth-order valence-corrected chi connectivity index (χ4v) is 2.57. The molecule has 1 aromatic heterocycles. The van der Waals surface area contributed by atoms with Gasteiger partial charge in [-0.3, -0.25) is 4.90 Å². The fourth-order valence-electron chi connectivity index (χ4n) is 2.57. The number of nitrogens with zero attached hydrogens (tertiary/aromatic N) is 1. The molecule has 0 radical (unpaired) electrons. The number of rotatable bonds is 9. The lowest BCUT2D eigenvalue weighted by molar-refractivity contribution is 0.0590. The van der Waals surface area contributed by atoms with Gasteiger partial charge >= 0.3 is 0 Å². The molecular weight excluding hydrogens is 290 g/mol. The predicted octanol–water partition coefficient (Wildman–Crippen LogP) is 3.49. The number of benzene rings is 1. The van der Waals surface area contributed by atoms with E-state index in [-0.39, 0.29) is 6.61 Å². The molecule has 0 aliphatic heterocycles. The van der Waals surface area contributed by atoms with Crippen LogP contribution in [0.25, 0.3) is 0 Å². The van der Waals surface area contributed by atoms with E-state index in [2.05, 4.69) is 18.7 Å². The van der Waals surface area contributed by atoms with Crippen LogP contribution in [0.15, 0.2) is 46.9 Å². The van der Waals surface area contributed by atoms with Crippen molar-refractivity contribution in [3.8, 4) is 5.75 Å². The first-order valence-electron chi connectivity index (χ1n) is 8.16. The summed E-state index contributed by atoms with van der Waals surface area (Å²) in [5, 5.41) is 10.3. The van der Waals surface area contributed by atoms with E-state index in [1.165, 1.54) is 0 Å². The maximum atomic E-state index is 10.3. The highest BCUT2D eigenvalue weighted by atomic mass is 16.5. The first-order chi connectivity index (χ1) is 11.0. The minimum Gasteiger partial charge on any atom is -0.491 e. The van der Waals surface area contributed by atoms with Crippen molar-refractivity contribution < 1.29 is 14.3 Å². The molecular formula is C19H27NO3. The van der Waals surface area contributed by atoms with Crippen LogP contribution in [0.5, 0.6) is 5.75 Å². The molecule has 0 amide bonds. The Labute approximate surface area is 138 Å². The van der Waals surface area contributed by atoms with E-state index in [0.29, 0.717) is 19.0 Å². The van der Waals surface area contributed by atoms with E-state index in [4.69, 9.17) is 9.15 Å². The van der Waals surface area contributed by atoms with Gasteiger partial charge in [0.1, 0.15) is 30.0 Å². The van der Waals surface area contributed by atoms with Crippen LogP contribution < -0.4 is 4.74 Å². The summed E-state index contributed by atoms with van der Waals surface area (Å²) in [5.74, 6) is 3.15. The van der Waals surface area contributed by atoms with E-state index in [0.717, 1.165) is 23.8 Å². The lowest BCUT2D eigenvalue weighted by Crippen LogP contribution is -2.37. The van der Waals surface area contributed by atoms with Gasteiger partial charge in [-0.05, 0) is 37.1 Å². The minimum atomic E-state index is -0.537. The van der Waals surface area contributed by atoms with Gasteiger partial charge in [-0.1, -0.05) is 32.0 Å². The van der Waals surface area contributed by atoms with Crippen molar-refractivity contribution in [3.05, 3.63) is 54.0 Å². The summed E-state index contributed by atoms with van der Waals surface area (Å²) < 4.78 is 11.3. The summed E-state index contributed by atoms with van der Waals surface area (Å²) in [4.78, 5) is 2.21. The number of hydrogen-bond acceptors (Lipinski definition) is 4. The third kappa shape index (κ3) is 6.47. The minimum absolute atomic E-state index is 0.287. The van der Waals surface area contributed by atoms with Crippen molar-refractivity contribution in [1.29, 1.82) is 0 Å². The Morgan fingerprint density at radius 1 is 1.09 bits per heavy atom. The average molecular weight is 317 g/mol. The Morgan fingerprint density at radius 2 is 1.83 bits per heavy atom. The van der Waals surface area contributed by atoms with Crippen LogP contribution in [0.4, 0.5) is 0 Å². The Hall–Kier alpha value is -1.78. The first kappa shape index (κ1) is 17.6. The Morgan fingerprint density at radius 3 is 2.43 bits per heavy atom. The van der Waals surface area contributed by atoms with E-state index >= 15 is 0 Å². The molecule has 0 saturated carbocycles. The summed E-state index contributed by atoms with van der Waals surface area (Å²) in [6.45, 7) is 8.75. The normalized spacial score (nSPS) is 12.8. The molecule has 2 rings (SSSR count). The highest BCUT2D eigenvalue weighted by Gasteiger charge is 2.15. The second-order valence-corrected chi connectivity index (χ2v) is 6.38. The molecule has 0 fully saturated rings. The standard InChI is InChI=1S/C19H27NO3/c1-15(2)11-20(13-19-10-9-16(3)23-19)12-17(21)14-22-18-7-5-4-6-8-18/h4-10,15,17,21H,11-14H2,1-3H3/t17-/m1/s1. The van der Waals surface area contributed by atoms with Crippen LogP contribution in [-0.2, 0) is 6.54 Å². The molecule has 0 saturated heterocycles. The number of ether oxygens (including phenoxy) is 1. The van der Waals surface area contributed by atoms with E-state index < -0.39 is 6.10 Å². The number of para-hydroxylation sites is 1. The third-order valence-electron chi connectivity index (χ3n) is 3.45. The second kappa shape index (κ2) is 8.75. The molecule has 0 aliphatic rings. The van der Waals surface area contributed by atoms with Gasteiger partial charge < -0.3 is 14.3 Å². The number of hydrogen-bond donors (Lipinski definition) is 1. The highest BCUT2D eigenvalue weighted by Crippen LogP contribution is 2.13. The van der Waals surface area contributed by atoms with Crippen molar-refractivity contribution >= 4 is 0 Å². The molecule has 2 aromatic rings. The topological polar surface area (TPSA) is 45.8 Å². The zero-order chi connectivity index (χ0) is 16.7. The maximum absolute atomic E-state index is 10.3. The van der Waals surface area contributed by atoms with Gasteiger partial charge in [-0.2, -0.15) is 0 Å². The van der Waals surface area contributed by atoms with Crippen molar-refractivity contribution in [3.63, 3.8) is 0 Å². The van der Waals surface area contributed by atoms with Crippen molar-refractivity contribution in [2.45, 2.75) is 33.4 Å². The van der Waals surface area contributed by atoms with Crippen molar-refractivity contribution in [1.82, 2.24) is 4.90 Å². The van der Waals surface area contributed by atoms with Crippen LogP contribution in [0.1, 0.15) is 25.4 Å². The SMILES string of the molecule is Cc1ccc(CN(CC(C)C)C[C@@H](O)COc2ccccc2)o1. The Kier molecular flexibility index (Phi) is 6.68. The van der Waals surface area contributed by atoms with Crippen LogP contribution >= 0.6 is 0 Å². The van der Waals surface area contributed by atoms with Gasteiger partial charge in [0.05, 0.1) is 6.54 Å². The van der Waals surface area contributed by atoms with Crippen LogP contribution in [0, 0.1) is 12.8 Å². The molecule has 1 heterocycles. The van der Waals surface area contributed by atoms with Crippen molar-refractivity contribution in [2.75, 3.05) is 19.7 Å². The second-order valence-electron chi connectivity index (χ2n) is 6.38. The summed E-state index contributed by atoms with van der Waals surface area (Å²) >= 11 is 0. The number of aliphatic hydroxyl groups excluding tert-OH is 1. The molecule has 0 bridgehead atoms. The number of furan rings is 1. The fraction of sp³-hybridized carbons (Fsp3) is 0.474. The Bertz CT molecular complexity index is 565. The van der Waals surface area contributed by atoms with Gasteiger partial charge in [-0.25, -0.2) is 0 Å². The van der Waals surface area contributed by atoms with Crippen LogP contribution in [-0.4, -0.2) is 35.8 Å². The average Bonchev–Trinajstić information content (AvgIpc) is 2.90. The lowest BCUT2D eigenvalue weighted by atomic mass is 10.2. The number of aliphatic hydroxyl groups is 1. The molecule has 1 aromatic carbocycles. The molecule has 0 unspecified atom stereocenters. The van der Waals surface area contributed by atoms with Gasteiger partial charge in [0.25, 0.3) is 0 Å². The predicted molar refractivity (Wildman–Crippen MR) is 91.5 cm³/mol. The third-order valence-corrected chi connectivity index (χ3v) is 3.45. The molecule has 0 spiro atoms. The van der Waals surface area contributed by atoms with Crippen molar-refractivity contribution in [2.24, 2.45) is 5.92 Å². The summed E-state index contributed by atoms with van der Waals surface area (Å²) in [7, 11) is 0. The molecule has 23 heavy (non-hydrogen) atoms. The zero-order valence-electron chi connectivity index (χ0n) is 14.2. The summed E-state index contributed by atoms with van der Waals surface area (Å²) in [6.07, 6.45) is -0.537. The molecule has 0 aliphatic carbocycles. The van der Waals surface area contributed by atoms with Crippen LogP contribution in [0.3, 0.4) is 0 Å². The molecule has 1 N–H and O–H groups in total. The van der Waals surface area contributed by atoms with Crippen LogP contribution in [0.2, 0.25) is 0 Å². The van der Waals surface area contributed by atoms with E-state index in [9.17, 15) is 5.11 Å². The van der Waals surface area contributed by atoms with E-state index in [1.807, 2.05) is 49.4 Å². The summed E-state index contributed by atoms with van der Waals surface area (Å²) in [5.41, 5.74) is 0. The van der Waals surface area contributed by atoms with Gasteiger partial charge in [-0.15, -0.1) is 0 Å². The quantitative estimate of drug-likeness (QED) is 0.769. The smallest absolute Gasteiger partial charge is 0.119 e. The highest BCUT2D eigenvalue weighted by molar-refractivity contribution is 5.20. The zero-order valence-corrected chi connectivity index (χ0v) is 14.2. The van der Waals surface area contributed by atoms with E-state index in [1.54, 1.807) is 0 Å². The maximum Gasteiger partial charge on any atom is 0.119 e. The molecule has 4 heteroatoms. The van der Waals surface area contributed by atoms with Gasteiger partial charge in [0, 0.05) is 13.1 Å². The molecule has 1 atom stereocenters. The van der Waals surface area contributed by atoms with Gasteiger partial charge in [0.2, 0.25) is 0 Å². The molecule has 4 nitrogen and oxygen atoms in total. The Balaban J connectivity index is 1.85. The largest absolute Gasteiger partial charge is 0.491 e. The monoisotopic (exact) mass is 317 g/mol. The summed E-state index contributed by atoms with van der Waals surface area (Å²) in [6, 6.07) is 13.5. The number of aryl methyl sites for hydroxylation is 1. The van der Waals surface area contributed by atoms with Gasteiger partial charge in [0.15, 0.2) is 0 Å². The molecule has 126 valence electrons.